The summed E-state index contributed by atoms with van der Waals surface area (Å²) >= 11 is 0. The molecule has 1 N–H and O–H groups in total. The summed E-state index contributed by atoms with van der Waals surface area (Å²) in [5, 5.41) is 3.48. The second-order valence-corrected chi connectivity index (χ2v) is 5.47. The quantitative estimate of drug-likeness (QED) is 0.896. The molecule has 0 aromatic carbocycles. The molecule has 0 amide bonds. The van der Waals surface area contributed by atoms with Gasteiger partial charge in [0.2, 0.25) is 0 Å². The van der Waals surface area contributed by atoms with Gasteiger partial charge in [0.05, 0.1) is 12.0 Å². The fraction of sp³-hybridized carbons (Fsp3) is 0.429. The van der Waals surface area contributed by atoms with Crippen molar-refractivity contribution in [2.45, 2.75) is 39.4 Å². The van der Waals surface area contributed by atoms with E-state index >= 15 is 0 Å². The molecule has 0 saturated carbocycles. The van der Waals surface area contributed by atoms with Gasteiger partial charge in [0.25, 0.3) is 0 Å². The normalized spacial score (nSPS) is 11.7. The maximum Gasteiger partial charge on any atom is 0.0951 e. The Bertz CT molecular complexity index is 482. The van der Waals surface area contributed by atoms with Gasteiger partial charge in [0, 0.05) is 37.2 Å². The molecule has 0 fully saturated rings. The minimum absolute atomic E-state index is 0.117. The standard InChI is InChI=1S/C14H20N4/c1-14(2,3)17-9-13-8-16-11-18(13)10-12-4-6-15-7-5-12/h4-8,11,17H,9-10H2,1-3H3. The summed E-state index contributed by atoms with van der Waals surface area (Å²) in [4.78, 5) is 8.25. The van der Waals surface area contributed by atoms with Crippen molar-refractivity contribution in [1.82, 2.24) is 19.9 Å². The number of rotatable bonds is 4. The van der Waals surface area contributed by atoms with Gasteiger partial charge in [-0.15, -0.1) is 0 Å². The van der Waals surface area contributed by atoms with Crippen LogP contribution in [0.5, 0.6) is 0 Å². The molecule has 0 aliphatic carbocycles. The third kappa shape index (κ3) is 3.67. The van der Waals surface area contributed by atoms with Crippen molar-refractivity contribution in [2.24, 2.45) is 0 Å². The molecular weight excluding hydrogens is 224 g/mol. The van der Waals surface area contributed by atoms with Crippen LogP contribution in [0.2, 0.25) is 0 Å². The largest absolute Gasteiger partial charge is 0.329 e. The molecule has 0 aliphatic heterocycles. The number of hydrogen-bond acceptors (Lipinski definition) is 3. The number of nitrogens with zero attached hydrogens (tertiary/aromatic N) is 3. The van der Waals surface area contributed by atoms with Gasteiger partial charge in [0.1, 0.15) is 0 Å². The molecule has 0 spiro atoms. The molecule has 2 rings (SSSR count). The van der Waals surface area contributed by atoms with E-state index < -0.39 is 0 Å². The van der Waals surface area contributed by atoms with Crippen LogP contribution in [-0.2, 0) is 13.1 Å². The van der Waals surface area contributed by atoms with Crippen LogP contribution >= 0.6 is 0 Å². The van der Waals surface area contributed by atoms with Crippen LogP contribution in [0.25, 0.3) is 0 Å². The molecule has 2 aromatic heterocycles. The van der Waals surface area contributed by atoms with E-state index in [9.17, 15) is 0 Å². The van der Waals surface area contributed by atoms with Crippen molar-refractivity contribution in [2.75, 3.05) is 0 Å². The average molecular weight is 244 g/mol. The predicted octanol–water partition coefficient (Wildman–Crippen LogP) is 2.21. The zero-order valence-corrected chi connectivity index (χ0v) is 11.2. The zero-order chi connectivity index (χ0) is 13.0. The highest BCUT2D eigenvalue weighted by molar-refractivity contribution is 5.12. The van der Waals surface area contributed by atoms with Gasteiger partial charge in [-0.25, -0.2) is 4.98 Å². The number of hydrogen-bond donors (Lipinski definition) is 1. The van der Waals surface area contributed by atoms with Gasteiger partial charge in [0.15, 0.2) is 0 Å². The van der Waals surface area contributed by atoms with Crippen LogP contribution in [0.4, 0.5) is 0 Å². The van der Waals surface area contributed by atoms with Crippen molar-refractivity contribution < 1.29 is 0 Å². The van der Waals surface area contributed by atoms with Gasteiger partial charge in [-0.1, -0.05) is 0 Å². The highest BCUT2D eigenvalue weighted by atomic mass is 15.1. The first kappa shape index (κ1) is 12.8. The molecular formula is C14H20N4. The molecule has 0 aliphatic rings. The lowest BCUT2D eigenvalue weighted by atomic mass is 10.1. The number of imidazole rings is 1. The summed E-state index contributed by atoms with van der Waals surface area (Å²) in [6.07, 6.45) is 7.43. The van der Waals surface area contributed by atoms with E-state index in [-0.39, 0.29) is 5.54 Å². The number of aromatic nitrogens is 3. The fourth-order valence-corrected chi connectivity index (χ4v) is 1.68. The molecule has 4 nitrogen and oxygen atoms in total. The lowest BCUT2D eigenvalue weighted by Gasteiger charge is -2.21. The van der Waals surface area contributed by atoms with Crippen LogP contribution in [0, 0.1) is 0 Å². The average Bonchev–Trinajstić information content (AvgIpc) is 2.74. The van der Waals surface area contributed by atoms with E-state index in [0.717, 1.165) is 13.1 Å². The predicted molar refractivity (Wildman–Crippen MR) is 72.2 cm³/mol. The number of pyridine rings is 1. The number of nitrogens with one attached hydrogen (secondary N) is 1. The minimum Gasteiger partial charge on any atom is -0.329 e. The maximum absolute atomic E-state index is 4.23. The van der Waals surface area contributed by atoms with Crippen LogP contribution < -0.4 is 5.32 Å². The first-order valence-corrected chi connectivity index (χ1v) is 6.17. The molecule has 0 radical (unpaired) electrons. The highest BCUT2D eigenvalue weighted by Crippen LogP contribution is 2.07. The molecule has 0 saturated heterocycles. The summed E-state index contributed by atoms with van der Waals surface area (Å²) in [6.45, 7) is 8.15. The molecule has 2 aromatic rings. The minimum atomic E-state index is 0.117. The van der Waals surface area contributed by atoms with Gasteiger partial charge in [-0.05, 0) is 38.5 Å². The molecule has 96 valence electrons. The zero-order valence-electron chi connectivity index (χ0n) is 11.2. The van der Waals surface area contributed by atoms with Gasteiger partial charge in [-0.3, -0.25) is 4.98 Å². The summed E-state index contributed by atoms with van der Waals surface area (Å²) in [7, 11) is 0. The maximum atomic E-state index is 4.23. The Morgan fingerprint density at radius 2 is 1.89 bits per heavy atom. The van der Waals surface area contributed by atoms with E-state index in [1.807, 2.05) is 37.1 Å². The summed E-state index contributed by atoms with van der Waals surface area (Å²) in [5.41, 5.74) is 2.55. The van der Waals surface area contributed by atoms with Crippen molar-refractivity contribution in [1.29, 1.82) is 0 Å². The Hall–Kier alpha value is -1.68. The van der Waals surface area contributed by atoms with E-state index in [1.165, 1.54) is 11.3 Å². The topological polar surface area (TPSA) is 42.7 Å². The van der Waals surface area contributed by atoms with E-state index in [1.54, 1.807) is 0 Å². The molecule has 4 heteroatoms. The van der Waals surface area contributed by atoms with Crippen LogP contribution in [-0.4, -0.2) is 20.1 Å². The molecule has 18 heavy (non-hydrogen) atoms. The fourth-order valence-electron chi connectivity index (χ4n) is 1.68. The lowest BCUT2D eigenvalue weighted by Crippen LogP contribution is -2.35. The van der Waals surface area contributed by atoms with Crippen molar-refractivity contribution in [3.8, 4) is 0 Å². The van der Waals surface area contributed by atoms with Crippen LogP contribution in [0.15, 0.2) is 37.1 Å². The Morgan fingerprint density at radius 1 is 1.17 bits per heavy atom. The molecule has 0 atom stereocenters. The third-order valence-corrected chi connectivity index (χ3v) is 2.70. The summed E-state index contributed by atoms with van der Waals surface area (Å²) in [6, 6.07) is 4.06. The molecule has 0 unspecified atom stereocenters. The van der Waals surface area contributed by atoms with Crippen molar-refractivity contribution in [3.63, 3.8) is 0 Å². The van der Waals surface area contributed by atoms with Crippen LogP contribution in [0.3, 0.4) is 0 Å². The second-order valence-electron chi connectivity index (χ2n) is 5.47. The van der Waals surface area contributed by atoms with Crippen molar-refractivity contribution in [3.05, 3.63) is 48.3 Å². The van der Waals surface area contributed by atoms with E-state index in [4.69, 9.17) is 0 Å². The monoisotopic (exact) mass is 244 g/mol. The van der Waals surface area contributed by atoms with Gasteiger partial charge < -0.3 is 9.88 Å². The van der Waals surface area contributed by atoms with Crippen LogP contribution in [0.1, 0.15) is 32.0 Å². The third-order valence-electron chi connectivity index (χ3n) is 2.70. The van der Waals surface area contributed by atoms with Gasteiger partial charge >= 0.3 is 0 Å². The molecule has 0 bridgehead atoms. The highest BCUT2D eigenvalue weighted by Gasteiger charge is 2.10. The van der Waals surface area contributed by atoms with Crippen molar-refractivity contribution >= 4 is 0 Å². The SMILES string of the molecule is CC(C)(C)NCc1cncn1Cc1ccncc1. The summed E-state index contributed by atoms with van der Waals surface area (Å²) in [5.74, 6) is 0. The van der Waals surface area contributed by atoms with Gasteiger partial charge in [-0.2, -0.15) is 0 Å². The lowest BCUT2D eigenvalue weighted by molar-refractivity contribution is 0.417. The van der Waals surface area contributed by atoms with E-state index in [2.05, 4.69) is 40.6 Å². The van der Waals surface area contributed by atoms with E-state index in [0.29, 0.717) is 0 Å². The Kier molecular flexibility index (Phi) is 3.77. The Labute approximate surface area is 108 Å². The summed E-state index contributed by atoms with van der Waals surface area (Å²) < 4.78 is 2.16. The smallest absolute Gasteiger partial charge is 0.0951 e. The first-order valence-electron chi connectivity index (χ1n) is 6.17. The second kappa shape index (κ2) is 5.31. The Morgan fingerprint density at radius 3 is 2.56 bits per heavy atom. The Balaban J connectivity index is 2.04. The first-order chi connectivity index (χ1) is 8.54. The molecule has 2 heterocycles.